The van der Waals surface area contributed by atoms with Crippen LogP contribution < -0.4 is 0 Å². The molecule has 0 bridgehead atoms. The van der Waals surface area contributed by atoms with Crippen LogP contribution in [0.25, 0.3) is 0 Å². The number of nitrogens with zero attached hydrogens (tertiary/aromatic N) is 1. The number of carbonyl (C=O) groups excluding carboxylic acids is 1. The molecular weight excluding hydrogens is 234 g/mol. The van der Waals surface area contributed by atoms with E-state index in [0.717, 1.165) is 6.54 Å². The Hall–Kier alpha value is -1.15. The third kappa shape index (κ3) is 3.44. The number of ketones is 1. The highest BCUT2D eigenvalue weighted by molar-refractivity contribution is 5.76. The molecule has 1 aromatic carbocycles. The molecule has 1 aliphatic heterocycles. The van der Waals surface area contributed by atoms with Crippen LogP contribution in [0.2, 0.25) is 0 Å². The average molecular weight is 259 g/mol. The van der Waals surface area contributed by atoms with E-state index in [1.165, 1.54) is 30.4 Å². The van der Waals surface area contributed by atoms with E-state index in [2.05, 4.69) is 43.0 Å². The molecule has 2 unspecified atom stereocenters. The maximum atomic E-state index is 11.7. The Kier molecular flexibility index (Phi) is 4.76. The monoisotopic (exact) mass is 259 g/mol. The molecule has 0 radical (unpaired) electrons. The fraction of sp³-hybridized carbons (Fsp3) is 0.588. The van der Waals surface area contributed by atoms with Gasteiger partial charge in [-0.3, -0.25) is 9.69 Å². The Bertz CT molecular complexity index is 441. The van der Waals surface area contributed by atoms with Gasteiger partial charge in [0.2, 0.25) is 0 Å². The Morgan fingerprint density at radius 1 is 1.37 bits per heavy atom. The zero-order valence-corrected chi connectivity index (χ0v) is 12.4. The van der Waals surface area contributed by atoms with Crippen LogP contribution >= 0.6 is 0 Å². The lowest BCUT2D eigenvalue weighted by Crippen LogP contribution is -2.41. The highest BCUT2D eigenvalue weighted by atomic mass is 16.1. The van der Waals surface area contributed by atoms with Crippen molar-refractivity contribution in [3.05, 3.63) is 35.4 Å². The first-order valence-electron chi connectivity index (χ1n) is 7.40. The van der Waals surface area contributed by atoms with E-state index < -0.39 is 0 Å². The van der Waals surface area contributed by atoms with Crippen molar-refractivity contribution < 1.29 is 4.79 Å². The SMILES string of the molecule is CC(=O)CC(c1ccccc1C)N1CCCCC1C. The van der Waals surface area contributed by atoms with E-state index in [9.17, 15) is 4.79 Å². The molecule has 2 nitrogen and oxygen atoms in total. The van der Waals surface area contributed by atoms with Crippen molar-refractivity contribution in [2.24, 2.45) is 0 Å². The summed E-state index contributed by atoms with van der Waals surface area (Å²) in [6, 6.07) is 9.33. The van der Waals surface area contributed by atoms with Gasteiger partial charge in [0.25, 0.3) is 0 Å². The standard InChI is InChI=1S/C17H25NO/c1-13-8-4-5-10-16(13)17(12-15(3)19)18-11-7-6-9-14(18)2/h4-5,8,10,14,17H,6-7,9,11-12H2,1-3H3. The van der Waals surface area contributed by atoms with Crippen LogP contribution in [0.4, 0.5) is 0 Å². The van der Waals surface area contributed by atoms with E-state index in [1.54, 1.807) is 6.92 Å². The zero-order valence-electron chi connectivity index (χ0n) is 12.4. The van der Waals surface area contributed by atoms with Gasteiger partial charge in [-0.1, -0.05) is 30.7 Å². The molecule has 1 heterocycles. The summed E-state index contributed by atoms with van der Waals surface area (Å²) in [4.78, 5) is 14.2. The van der Waals surface area contributed by atoms with Gasteiger partial charge in [0, 0.05) is 18.5 Å². The van der Waals surface area contributed by atoms with Gasteiger partial charge in [-0.15, -0.1) is 0 Å². The number of likely N-dealkylation sites (tertiary alicyclic amines) is 1. The molecule has 0 spiro atoms. The topological polar surface area (TPSA) is 20.3 Å². The summed E-state index contributed by atoms with van der Waals surface area (Å²) in [5, 5.41) is 0. The third-order valence-electron chi connectivity index (χ3n) is 4.28. The fourth-order valence-electron chi connectivity index (χ4n) is 3.22. The molecule has 1 aliphatic rings. The zero-order chi connectivity index (χ0) is 13.8. The van der Waals surface area contributed by atoms with Crippen molar-refractivity contribution in [1.29, 1.82) is 0 Å². The van der Waals surface area contributed by atoms with Crippen LogP contribution in [0.5, 0.6) is 0 Å². The number of benzene rings is 1. The number of hydrogen-bond donors (Lipinski definition) is 0. The number of piperidine rings is 1. The summed E-state index contributed by atoms with van der Waals surface area (Å²) >= 11 is 0. The van der Waals surface area contributed by atoms with Crippen molar-refractivity contribution in [1.82, 2.24) is 4.90 Å². The number of aryl methyl sites for hydroxylation is 1. The molecule has 2 rings (SSSR count). The molecule has 2 heteroatoms. The van der Waals surface area contributed by atoms with Gasteiger partial charge >= 0.3 is 0 Å². The molecule has 2 atom stereocenters. The van der Waals surface area contributed by atoms with Gasteiger partial charge in [-0.05, 0) is 51.3 Å². The van der Waals surface area contributed by atoms with E-state index in [4.69, 9.17) is 0 Å². The van der Waals surface area contributed by atoms with Crippen LogP contribution in [0.1, 0.15) is 56.7 Å². The van der Waals surface area contributed by atoms with E-state index in [1.807, 2.05) is 0 Å². The maximum absolute atomic E-state index is 11.7. The van der Waals surface area contributed by atoms with Crippen LogP contribution in [0.15, 0.2) is 24.3 Å². The predicted molar refractivity (Wildman–Crippen MR) is 79.2 cm³/mol. The molecular formula is C17H25NO. The van der Waals surface area contributed by atoms with Gasteiger partial charge in [-0.25, -0.2) is 0 Å². The molecule has 1 saturated heterocycles. The molecule has 0 aliphatic carbocycles. The predicted octanol–water partition coefficient (Wildman–Crippen LogP) is 3.89. The lowest BCUT2D eigenvalue weighted by Gasteiger charge is -2.40. The first kappa shape index (κ1) is 14.3. The second-order valence-corrected chi connectivity index (χ2v) is 5.86. The van der Waals surface area contributed by atoms with Crippen molar-refractivity contribution in [2.75, 3.05) is 6.54 Å². The Balaban J connectivity index is 2.30. The number of hydrogen-bond acceptors (Lipinski definition) is 2. The minimum Gasteiger partial charge on any atom is -0.300 e. The van der Waals surface area contributed by atoms with Crippen LogP contribution in [-0.4, -0.2) is 23.3 Å². The summed E-state index contributed by atoms with van der Waals surface area (Å²) in [5.74, 6) is 0.283. The maximum Gasteiger partial charge on any atom is 0.131 e. The quantitative estimate of drug-likeness (QED) is 0.817. The lowest BCUT2D eigenvalue weighted by atomic mass is 9.92. The van der Waals surface area contributed by atoms with Crippen LogP contribution in [0.3, 0.4) is 0 Å². The van der Waals surface area contributed by atoms with E-state index in [-0.39, 0.29) is 11.8 Å². The summed E-state index contributed by atoms with van der Waals surface area (Å²) < 4.78 is 0. The van der Waals surface area contributed by atoms with Crippen molar-refractivity contribution >= 4 is 5.78 Å². The molecule has 1 aromatic rings. The Morgan fingerprint density at radius 3 is 2.74 bits per heavy atom. The molecule has 0 N–H and O–H groups in total. The van der Waals surface area contributed by atoms with Gasteiger partial charge in [0.15, 0.2) is 0 Å². The second kappa shape index (κ2) is 6.33. The first-order valence-corrected chi connectivity index (χ1v) is 7.40. The van der Waals surface area contributed by atoms with Gasteiger partial charge in [-0.2, -0.15) is 0 Å². The van der Waals surface area contributed by atoms with Gasteiger partial charge in [0.1, 0.15) is 5.78 Å². The number of rotatable bonds is 4. The summed E-state index contributed by atoms with van der Waals surface area (Å²) in [6.07, 6.45) is 4.46. The third-order valence-corrected chi connectivity index (χ3v) is 4.28. The molecule has 0 saturated carbocycles. The summed E-state index contributed by atoms with van der Waals surface area (Å²) in [7, 11) is 0. The highest BCUT2D eigenvalue weighted by Gasteiger charge is 2.28. The minimum absolute atomic E-state index is 0.258. The Morgan fingerprint density at radius 2 is 2.11 bits per heavy atom. The summed E-state index contributed by atoms with van der Waals surface area (Å²) in [5.41, 5.74) is 2.62. The van der Waals surface area contributed by atoms with E-state index in [0.29, 0.717) is 12.5 Å². The molecule has 1 fully saturated rings. The Labute approximate surface area is 116 Å². The molecule has 104 valence electrons. The number of carbonyl (C=O) groups is 1. The number of Topliss-reactive ketones (excluding diaryl/α,β-unsaturated/α-hetero) is 1. The second-order valence-electron chi connectivity index (χ2n) is 5.86. The fourth-order valence-corrected chi connectivity index (χ4v) is 3.22. The normalized spacial score (nSPS) is 22.2. The van der Waals surface area contributed by atoms with Crippen molar-refractivity contribution in [2.45, 2.75) is 58.5 Å². The largest absolute Gasteiger partial charge is 0.300 e. The van der Waals surface area contributed by atoms with Crippen LogP contribution in [0, 0.1) is 6.92 Å². The highest BCUT2D eigenvalue weighted by Crippen LogP contribution is 2.32. The lowest BCUT2D eigenvalue weighted by molar-refractivity contribution is -0.118. The van der Waals surface area contributed by atoms with E-state index >= 15 is 0 Å². The average Bonchev–Trinajstić information content (AvgIpc) is 2.37. The smallest absolute Gasteiger partial charge is 0.131 e. The van der Waals surface area contributed by atoms with Gasteiger partial charge in [0.05, 0.1) is 0 Å². The molecule has 19 heavy (non-hydrogen) atoms. The minimum atomic E-state index is 0.258. The molecule has 0 aromatic heterocycles. The van der Waals surface area contributed by atoms with Crippen LogP contribution in [-0.2, 0) is 4.79 Å². The first-order chi connectivity index (χ1) is 9.09. The van der Waals surface area contributed by atoms with Crippen molar-refractivity contribution in [3.63, 3.8) is 0 Å². The van der Waals surface area contributed by atoms with Crippen molar-refractivity contribution in [3.8, 4) is 0 Å². The van der Waals surface area contributed by atoms with Gasteiger partial charge < -0.3 is 0 Å². The summed E-state index contributed by atoms with van der Waals surface area (Å²) in [6.45, 7) is 7.27. The molecule has 0 amide bonds.